The molecule has 0 spiro atoms. The van der Waals surface area contributed by atoms with Crippen LogP contribution >= 0.6 is 0 Å². The molecule has 4 aromatic rings. The number of aromatic nitrogens is 3. The summed E-state index contributed by atoms with van der Waals surface area (Å²) in [4.78, 5) is 15.7. The molecule has 0 radical (unpaired) electrons. The van der Waals surface area contributed by atoms with E-state index in [1.54, 1.807) is 18.3 Å². The summed E-state index contributed by atoms with van der Waals surface area (Å²) in [5, 5.41) is 7.57. The van der Waals surface area contributed by atoms with Gasteiger partial charge in [0.05, 0.1) is 26.0 Å². The van der Waals surface area contributed by atoms with E-state index in [-0.39, 0.29) is 5.82 Å². The molecule has 10 nitrogen and oxygen atoms in total. The summed E-state index contributed by atoms with van der Waals surface area (Å²) in [6, 6.07) is 21.4. The number of benzene rings is 3. The lowest BCUT2D eigenvalue weighted by atomic mass is 10.2. The van der Waals surface area contributed by atoms with Crippen LogP contribution in [0.5, 0.6) is 11.5 Å². The number of anilines is 4. The van der Waals surface area contributed by atoms with Crippen molar-refractivity contribution < 1.29 is 18.6 Å². The Hall–Kier alpha value is -4.77. The number of para-hydroxylation sites is 1. The summed E-state index contributed by atoms with van der Waals surface area (Å²) in [5.74, 6) is 2.13. The zero-order valence-corrected chi connectivity index (χ0v) is 22.1. The normalized spacial score (nSPS) is 13.3. The van der Waals surface area contributed by atoms with Gasteiger partial charge < -0.3 is 24.4 Å². The zero-order chi connectivity index (χ0) is 27.6. The van der Waals surface area contributed by atoms with E-state index < -0.39 is 0 Å². The van der Waals surface area contributed by atoms with E-state index in [1.165, 1.54) is 12.1 Å². The van der Waals surface area contributed by atoms with Crippen LogP contribution < -0.4 is 25.1 Å². The molecule has 5 rings (SSSR count). The Kier molecular flexibility index (Phi) is 8.95. The first-order chi connectivity index (χ1) is 19.7. The van der Waals surface area contributed by atoms with Crippen molar-refractivity contribution >= 4 is 29.7 Å². The third-order valence-electron chi connectivity index (χ3n) is 5.90. The molecule has 206 valence electrons. The molecular weight excluding hydrogens is 513 g/mol. The van der Waals surface area contributed by atoms with E-state index >= 15 is 0 Å². The molecule has 2 N–H and O–H groups in total. The number of ether oxygens (including phenoxy) is 3. The van der Waals surface area contributed by atoms with Crippen LogP contribution in [0.2, 0.25) is 0 Å². The minimum absolute atomic E-state index is 0.283. The summed E-state index contributed by atoms with van der Waals surface area (Å²) in [7, 11) is 0. The lowest BCUT2D eigenvalue weighted by Crippen LogP contribution is -2.37. The van der Waals surface area contributed by atoms with Gasteiger partial charge in [0.1, 0.15) is 12.4 Å². The molecule has 40 heavy (non-hydrogen) atoms. The summed E-state index contributed by atoms with van der Waals surface area (Å²) in [6.07, 6.45) is 1.65. The Morgan fingerprint density at radius 1 is 0.925 bits per heavy atom. The second-order valence-electron chi connectivity index (χ2n) is 8.80. The summed E-state index contributed by atoms with van der Waals surface area (Å²) in [5.41, 5.74) is 5.43. The predicted octanol–water partition coefficient (Wildman–Crippen LogP) is 5.01. The number of nitrogens with zero attached hydrogens (tertiary/aromatic N) is 5. The molecule has 1 aliphatic rings. The Morgan fingerprint density at radius 2 is 1.70 bits per heavy atom. The number of halogens is 1. The van der Waals surface area contributed by atoms with Gasteiger partial charge in [-0.3, -0.25) is 0 Å². The first-order valence-corrected chi connectivity index (χ1v) is 13.0. The van der Waals surface area contributed by atoms with Gasteiger partial charge in [0, 0.05) is 18.8 Å². The lowest BCUT2D eigenvalue weighted by molar-refractivity contribution is 0.122. The van der Waals surface area contributed by atoms with Gasteiger partial charge in [0.2, 0.25) is 17.8 Å². The quantitative estimate of drug-likeness (QED) is 0.199. The SMILES string of the molecule is CCOc1cc(/C=N/Nc2nc(Nc3ccccc3)nc(N3CCOCC3)n2)ccc1OCc1ccc(F)cc1. The molecule has 2 heterocycles. The number of hydrazone groups is 1. The highest BCUT2D eigenvalue weighted by Gasteiger charge is 2.17. The fraction of sp³-hybridized carbons (Fsp3) is 0.241. The first kappa shape index (κ1) is 26.8. The highest BCUT2D eigenvalue weighted by atomic mass is 19.1. The van der Waals surface area contributed by atoms with Gasteiger partial charge in [0.25, 0.3) is 0 Å². The van der Waals surface area contributed by atoms with E-state index in [2.05, 4.69) is 35.7 Å². The highest BCUT2D eigenvalue weighted by Crippen LogP contribution is 2.29. The van der Waals surface area contributed by atoms with E-state index in [4.69, 9.17) is 14.2 Å². The van der Waals surface area contributed by atoms with Crippen LogP contribution in [0.1, 0.15) is 18.1 Å². The molecular formula is C29H30FN7O3. The minimum atomic E-state index is -0.283. The van der Waals surface area contributed by atoms with Crippen LogP contribution in [0.15, 0.2) is 77.9 Å². The van der Waals surface area contributed by atoms with Gasteiger partial charge in [-0.2, -0.15) is 20.1 Å². The molecule has 1 saturated heterocycles. The van der Waals surface area contributed by atoms with Gasteiger partial charge in [-0.05, 0) is 60.5 Å². The summed E-state index contributed by atoms with van der Waals surface area (Å²) < 4.78 is 30.4. The summed E-state index contributed by atoms with van der Waals surface area (Å²) >= 11 is 0. The maximum Gasteiger partial charge on any atom is 0.250 e. The van der Waals surface area contributed by atoms with Crippen molar-refractivity contribution in [2.24, 2.45) is 5.10 Å². The van der Waals surface area contributed by atoms with Crippen molar-refractivity contribution in [2.45, 2.75) is 13.5 Å². The monoisotopic (exact) mass is 543 g/mol. The number of hydrogen-bond acceptors (Lipinski definition) is 10. The van der Waals surface area contributed by atoms with E-state index in [1.807, 2.05) is 55.5 Å². The van der Waals surface area contributed by atoms with Gasteiger partial charge in [-0.1, -0.05) is 30.3 Å². The Bertz CT molecular complexity index is 1420. The molecule has 0 saturated carbocycles. The van der Waals surface area contributed by atoms with Crippen molar-refractivity contribution in [3.8, 4) is 11.5 Å². The topological polar surface area (TPSA) is 106 Å². The third-order valence-corrected chi connectivity index (χ3v) is 5.90. The minimum Gasteiger partial charge on any atom is -0.490 e. The number of hydrogen-bond donors (Lipinski definition) is 2. The second kappa shape index (κ2) is 13.3. The molecule has 0 unspecified atom stereocenters. The maximum atomic E-state index is 13.2. The molecule has 0 bridgehead atoms. The van der Waals surface area contributed by atoms with Crippen LogP contribution in [-0.4, -0.2) is 54.1 Å². The molecule has 0 amide bonds. The van der Waals surface area contributed by atoms with Crippen molar-refractivity contribution in [1.82, 2.24) is 15.0 Å². The van der Waals surface area contributed by atoms with Gasteiger partial charge in [-0.25, -0.2) is 9.82 Å². The van der Waals surface area contributed by atoms with Crippen molar-refractivity contribution in [2.75, 3.05) is 48.6 Å². The lowest BCUT2D eigenvalue weighted by Gasteiger charge is -2.27. The van der Waals surface area contributed by atoms with Crippen LogP contribution in [0.25, 0.3) is 0 Å². The molecule has 0 aliphatic carbocycles. The van der Waals surface area contributed by atoms with Crippen molar-refractivity contribution in [1.29, 1.82) is 0 Å². The molecule has 3 aromatic carbocycles. The molecule has 0 atom stereocenters. The van der Waals surface area contributed by atoms with Gasteiger partial charge >= 0.3 is 0 Å². The summed E-state index contributed by atoms with van der Waals surface area (Å²) in [6.45, 7) is 5.26. The van der Waals surface area contributed by atoms with Crippen LogP contribution in [0.3, 0.4) is 0 Å². The number of nitrogens with one attached hydrogen (secondary N) is 2. The largest absolute Gasteiger partial charge is 0.490 e. The Balaban J connectivity index is 1.30. The first-order valence-electron chi connectivity index (χ1n) is 13.0. The van der Waals surface area contributed by atoms with Crippen LogP contribution in [0, 0.1) is 5.82 Å². The van der Waals surface area contributed by atoms with Gasteiger partial charge in [-0.15, -0.1) is 0 Å². The van der Waals surface area contributed by atoms with Gasteiger partial charge in [0.15, 0.2) is 11.5 Å². The number of morpholine rings is 1. The predicted molar refractivity (Wildman–Crippen MR) is 152 cm³/mol. The third kappa shape index (κ3) is 7.41. The average molecular weight is 544 g/mol. The van der Waals surface area contributed by atoms with E-state index in [0.717, 1.165) is 16.8 Å². The maximum absolute atomic E-state index is 13.2. The Morgan fingerprint density at radius 3 is 2.48 bits per heavy atom. The van der Waals surface area contributed by atoms with Crippen LogP contribution in [-0.2, 0) is 11.3 Å². The average Bonchev–Trinajstić information content (AvgIpc) is 2.99. The highest BCUT2D eigenvalue weighted by molar-refractivity contribution is 5.81. The number of rotatable bonds is 11. The molecule has 11 heteroatoms. The fourth-order valence-corrected chi connectivity index (χ4v) is 3.92. The van der Waals surface area contributed by atoms with E-state index in [0.29, 0.717) is 68.9 Å². The molecule has 1 aromatic heterocycles. The Labute approximate surface area is 231 Å². The second-order valence-corrected chi connectivity index (χ2v) is 8.80. The smallest absolute Gasteiger partial charge is 0.250 e. The zero-order valence-electron chi connectivity index (χ0n) is 22.1. The standard InChI is InChI=1S/C29H30FN7O3/c1-2-39-26-18-22(10-13-25(26)40-20-21-8-11-23(30)12-9-21)19-31-36-28-33-27(32-24-6-4-3-5-7-24)34-29(35-28)37-14-16-38-17-15-37/h3-13,18-19H,2,14-17,20H2,1H3,(H2,32,33,34,35,36)/b31-19+. The fourth-order valence-electron chi connectivity index (χ4n) is 3.92. The molecule has 1 aliphatic heterocycles. The van der Waals surface area contributed by atoms with E-state index in [9.17, 15) is 4.39 Å². The van der Waals surface area contributed by atoms with Crippen molar-refractivity contribution in [3.63, 3.8) is 0 Å². The van der Waals surface area contributed by atoms with Crippen LogP contribution in [0.4, 0.5) is 27.9 Å². The van der Waals surface area contributed by atoms with Crippen molar-refractivity contribution in [3.05, 3.63) is 89.7 Å². The molecule has 1 fully saturated rings.